The van der Waals surface area contributed by atoms with Crippen LogP contribution in [0.25, 0.3) is 11.0 Å². The van der Waals surface area contributed by atoms with Crippen LogP contribution in [0.1, 0.15) is 24.3 Å². The Morgan fingerprint density at radius 2 is 2.00 bits per heavy atom. The maximum atomic E-state index is 12.3. The summed E-state index contributed by atoms with van der Waals surface area (Å²) >= 11 is 6.01. The van der Waals surface area contributed by atoms with Gasteiger partial charge < -0.3 is 14.6 Å². The van der Waals surface area contributed by atoms with E-state index in [1.807, 2.05) is 68.6 Å². The molecule has 1 heterocycles. The Morgan fingerprint density at radius 1 is 1.20 bits per heavy atom. The van der Waals surface area contributed by atoms with E-state index < -0.39 is 0 Å². The molecule has 0 saturated carbocycles. The minimum atomic E-state index is -0.168. The summed E-state index contributed by atoms with van der Waals surface area (Å²) in [6.45, 7) is 3.06. The van der Waals surface area contributed by atoms with Crippen LogP contribution in [0.4, 0.5) is 0 Å². The maximum Gasteiger partial charge on any atom is 0.275 e. The first-order valence-electron chi connectivity index (χ1n) is 8.35. The van der Waals surface area contributed by atoms with Gasteiger partial charge in [0, 0.05) is 16.0 Å². The van der Waals surface area contributed by atoms with Crippen molar-refractivity contribution < 1.29 is 14.1 Å². The molecule has 1 unspecified atom stereocenters. The number of hydrogen-bond donors (Lipinski definition) is 2. The lowest BCUT2D eigenvalue weighted by molar-refractivity contribution is -0.885. The molecule has 0 aliphatic rings. The summed E-state index contributed by atoms with van der Waals surface area (Å²) in [5, 5.41) is 4.77. The topological polar surface area (TPSA) is 46.7 Å². The van der Waals surface area contributed by atoms with Crippen molar-refractivity contribution in [3.63, 3.8) is 0 Å². The minimum absolute atomic E-state index is 0.00696. The summed E-state index contributed by atoms with van der Waals surface area (Å²) in [5.74, 6) is 0.759. The van der Waals surface area contributed by atoms with E-state index in [-0.39, 0.29) is 11.9 Å². The molecule has 0 aliphatic heterocycles. The maximum absolute atomic E-state index is 12.3. The monoisotopic (exact) mass is 357 g/mol. The first-order chi connectivity index (χ1) is 12.0. The summed E-state index contributed by atoms with van der Waals surface area (Å²) in [7, 11) is 1.99. The standard InChI is InChI=1S/C20H21ClN2O2/c1-14(19-11-16-7-3-4-9-18(16)25-19)22-20(24)13-23(2)12-15-6-5-8-17(21)10-15/h3-11,14H,12-13H2,1-2H3,(H,22,24)/p+1/t14-/m0/s1. The third-order valence-electron chi connectivity index (χ3n) is 4.11. The minimum Gasteiger partial charge on any atom is -0.459 e. The fourth-order valence-corrected chi connectivity index (χ4v) is 3.12. The van der Waals surface area contributed by atoms with Gasteiger partial charge in [0.2, 0.25) is 0 Å². The molecular weight excluding hydrogens is 336 g/mol. The average Bonchev–Trinajstić information content (AvgIpc) is 2.98. The van der Waals surface area contributed by atoms with Crippen LogP contribution in [0.2, 0.25) is 5.02 Å². The molecule has 0 aliphatic carbocycles. The van der Waals surface area contributed by atoms with Gasteiger partial charge in [0.05, 0.1) is 13.1 Å². The number of nitrogens with one attached hydrogen (secondary N) is 2. The van der Waals surface area contributed by atoms with Crippen LogP contribution in [-0.2, 0) is 11.3 Å². The number of carbonyl (C=O) groups excluding carboxylic acids is 1. The number of fused-ring (bicyclic) bond motifs is 1. The number of rotatable bonds is 6. The van der Waals surface area contributed by atoms with E-state index in [1.165, 1.54) is 0 Å². The number of carbonyl (C=O) groups is 1. The van der Waals surface area contributed by atoms with Crippen molar-refractivity contribution >= 4 is 28.5 Å². The smallest absolute Gasteiger partial charge is 0.275 e. The number of halogens is 1. The quantitative estimate of drug-likeness (QED) is 0.712. The summed E-state index contributed by atoms with van der Waals surface area (Å²) in [5.41, 5.74) is 1.95. The van der Waals surface area contributed by atoms with E-state index in [0.717, 1.165) is 33.7 Å². The van der Waals surface area contributed by atoms with Gasteiger partial charge in [-0.1, -0.05) is 41.9 Å². The lowest BCUT2D eigenvalue weighted by Gasteiger charge is -2.16. The summed E-state index contributed by atoms with van der Waals surface area (Å²) < 4.78 is 5.81. The average molecular weight is 358 g/mol. The van der Waals surface area contributed by atoms with Crippen molar-refractivity contribution in [2.75, 3.05) is 13.6 Å². The highest BCUT2D eigenvalue weighted by Crippen LogP contribution is 2.23. The number of amides is 1. The van der Waals surface area contributed by atoms with Gasteiger partial charge in [0.15, 0.2) is 6.54 Å². The lowest BCUT2D eigenvalue weighted by Crippen LogP contribution is -3.08. The van der Waals surface area contributed by atoms with E-state index >= 15 is 0 Å². The van der Waals surface area contributed by atoms with E-state index in [1.54, 1.807) is 0 Å². The van der Waals surface area contributed by atoms with Crippen LogP contribution in [0.3, 0.4) is 0 Å². The van der Waals surface area contributed by atoms with E-state index in [0.29, 0.717) is 11.6 Å². The van der Waals surface area contributed by atoms with Gasteiger partial charge in [0.1, 0.15) is 17.9 Å². The van der Waals surface area contributed by atoms with Gasteiger partial charge >= 0.3 is 0 Å². The lowest BCUT2D eigenvalue weighted by atomic mass is 10.2. The van der Waals surface area contributed by atoms with Gasteiger partial charge in [-0.05, 0) is 31.2 Å². The van der Waals surface area contributed by atoms with Crippen LogP contribution in [0, 0.1) is 0 Å². The van der Waals surface area contributed by atoms with Crippen molar-refractivity contribution in [2.45, 2.75) is 19.5 Å². The molecule has 4 nitrogen and oxygen atoms in total. The normalized spacial score (nSPS) is 13.6. The number of benzene rings is 2. The number of para-hydroxylation sites is 1. The fraction of sp³-hybridized carbons (Fsp3) is 0.250. The molecule has 0 saturated heterocycles. The predicted molar refractivity (Wildman–Crippen MR) is 99.7 cm³/mol. The second-order valence-corrected chi connectivity index (χ2v) is 6.85. The molecule has 2 aromatic carbocycles. The van der Waals surface area contributed by atoms with Gasteiger partial charge in [-0.15, -0.1) is 0 Å². The molecule has 3 rings (SSSR count). The molecule has 1 aromatic heterocycles. The highest BCUT2D eigenvalue weighted by molar-refractivity contribution is 6.30. The van der Waals surface area contributed by atoms with E-state index in [4.69, 9.17) is 16.0 Å². The molecule has 3 aromatic rings. The van der Waals surface area contributed by atoms with Gasteiger partial charge in [-0.2, -0.15) is 0 Å². The zero-order valence-electron chi connectivity index (χ0n) is 14.4. The molecule has 25 heavy (non-hydrogen) atoms. The Balaban J connectivity index is 1.56. The van der Waals surface area contributed by atoms with Crippen molar-refractivity contribution in [2.24, 2.45) is 0 Å². The summed E-state index contributed by atoms with van der Waals surface area (Å²) in [6.07, 6.45) is 0. The van der Waals surface area contributed by atoms with Crippen LogP contribution in [0.15, 0.2) is 59.0 Å². The second kappa shape index (κ2) is 7.72. The van der Waals surface area contributed by atoms with E-state index in [2.05, 4.69) is 5.32 Å². The second-order valence-electron chi connectivity index (χ2n) is 6.42. The molecule has 0 radical (unpaired) electrons. The molecule has 2 N–H and O–H groups in total. The molecule has 1 amide bonds. The number of furan rings is 1. The third-order valence-corrected chi connectivity index (χ3v) is 4.34. The Morgan fingerprint density at radius 3 is 2.76 bits per heavy atom. The van der Waals surface area contributed by atoms with Crippen LogP contribution in [0.5, 0.6) is 0 Å². The number of likely N-dealkylation sites (N-methyl/N-ethyl adjacent to an activating group) is 1. The first-order valence-corrected chi connectivity index (χ1v) is 8.72. The SMILES string of the molecule is C[C@H](NC(=O)C[NH+](C)Cc1cccc(Cl)c1)c1cc2ccccc2o1. The molecule has 2 atom stereocenters. The first kappa shape index (κ1) is 17.5. The van der Waals surface area contributed by atoms with Crippen LogP contribution in [-0.4, -0.2) is 19.5 Å². The van der Waals surface area contributed by atoms with Crippen LogP contribution < -0.4 is 10.2 Å². The number of hydrogen-bond acceptors (Lipinski definition) is 2. The Hall–Kier alpha value is -2.30. The van der Waals surface area contributed by atoms with Crippen molar-refractivity contribution in [1.29, 1.82) is 0 Å². The predicted octanol–water partition coefficient (Wildman–Crippen LogP) is 2.98. The molecule has 130 valence electrons. The summed E-state index contributed by atoms with van der Waals surface area (Å²) in [6, 6.07) is 17.4. The fourth-order valence-electron chi connectivity index (χ4n) is 2.91. The molecule has 0 bridgehead atoms. The Labute approximate surface area is 152 Å². The van der Waals surface area contributed by atoms with Gasteiger partial charge in [-0.3, -0.25) is 4.79 Å². The third kappa shape index (κ3) is 4.62. The highest BCUT2D eigenvalue weighted by atomic mass is 35.5. The van der Waals surface area contributed by atoms with Crippen LogP contribution >= 0.6 is 11.6 Å². The number of quaternary nitrogens is 1. The van der Waals surface area contributed by atoms with Crippen molar-refractivity contribution in [1.82, 2.24) is 5.32 Å². The highest BCUT2D eigenvalue weighted by Gasteiger charge is 2.17. The largest absolute Gasteiger partial charge is 0.459 e. The van der Waals surface area contributed by atoms with E-state index in [9.17, 15) is 4.79 Å². The molecule has 0 spiro atoms. The molecule has 5 heteroatoms. The molecular formula is C20H22ClN2O2+. The zero-order chi connectivity index (χ0) is 17.8. The van der Waals surface area contributed by atoms with Gasteiger partial charge in [-0.25, -0.2) is 0 Å². The van der Waals surface area contributed by atoms with Crippen molar-refractivity contribution in [3.05, 3.63) is 70.9 Å². The molecule has 0 fully saturated rings. The van der Waals surface area contributed by atoms with Crippen molar-refractivity contribution in [3.8, 4) is 0 Å². The Kier molecular flexibility index (Phi) is 5.41. The Bertz CT molecular complexity index is 842. The zero-order valence-corrected chi connectivity index (χ0v) is 15.1. The summed E-state index contributed by atoms with van der Waals surface area (Å²) in [4.78, 5) is 13.4. The van der Waals surface area contributed by atoms with Gasteiger partial charge in [0.25, 0.3) is 5.91 Å².